The predicted molar refractivity (Wildman–Crippen MR) is 100 cm³/mol. The molecule has 0 unspecified atom stereocenters. The molecular formula is C19H29N3O5. The zero-order chi connectivity index (χ0) is 20.1. The third-order valence-electron chi connectivity index (χ3n) is 4.93. The molecule has 1 atom stereocenters. The summed E-state index contributed by atoms with van der Waals surface area (Å²) in [4.78, 5) is 43.7. The lowest BCUT2D eigenvalue weighted by Gasteiger charge is -2.36. The molecule has 1 fully saturated rings. The van der Waals surface area contributed by atoms with Crippen molar-refractivity contribution in [2.24, 2.45) is 0 Å². The Morgan fingerprint density at radius 1 is 1.04 bits per heavy atom. The summed E-state index contributed by atoms with van der Waals surface area (Å²) in [5, 5.41) is 0. The van der Waals surface area contributed by atoms with Crippen molar-refractivity contribution in [2.45, 2.75) is 40.7 Å². The number of nitrogens with zero attached hydrogens (tertiary/aromatic N) is 2. The quantitative estimate of drug-likeness (QED) is 0.601. The van der Waals surface area contributed by atoms with Gasteiger partial charge in [0.15, 0.2) is 5.78 Å². The van der Waals surface area contributed by atoms with E-state index in [1.165, 1.54) is 0 Å². The number of aromatic nitrogens is 1. The van der Waals surface area contributed by atoms with E-state index in [0.29, 0.717) is 55.3 Å². The molecule has 0 aromatic carbocycles. The van der Waals surface area contributed by atoms with Gasteiger partial charge in [-0.3, -0.25) is 9.69 Å². The Morgan fingerprint density at radius 2 is 1.63 bits per heavy atom. The number of aryl methyl sites for hydroxylation is 1. The molecule has 1 saturated heterocycles. The maximum atomic E-state index is 13.0. The Bertz CT molecular complexity index is 704. The minimum Gasteiger partial charge on any atom is -0.462 e. The van der Waals surface area contributed by atoms with Crippen LogP contribution in [0.4, 0.5) is 4.79 Å². The van der Waals surface area contributed by atoms with E-state index in [2.05, 4.69) is 4.98 Å². The van der Waals surface area contributed by atoms with Gasteiger partial charge in [-0.2, -0.15) is 0 Å². The Balaban J connectivity index is 2.07. The topological polar surface area (TPSA) is 91.9 Å². The highest BCUT2D eigenvalue weighted by molar-refractivity contribution is 6.03. The summed E-state index contributed by atoms with van der Waals surface area (Å²) >= 11 is 0. The highest BCUT2D eigenvalue weighted by Gasteiger charge is 2.31. The zero-order valence-electron chi connectivity index (χ0n) is 16.8. The van der Waals surface area contributed by atoms with Gasteiger partial charge in [-0.1, -0.05) is 0 Å². The van der Waals surface area contributed by atoms with Crippen molar-refractivity contribution in [3.63, 3.8) is 0 Å². The fourth-order valence-electron chi connectivity index (χ4n) is 3.39. The maximum absolute atomic E-state index is 13.0. The molecule has 0 radical (unpaired) electrons. The Hall–Kier alpha value is -2.35. The number of rotatable bonds is 6. The first-order valence-corrected chi connectivity index (χ1v) is 9.37. The number of esters is 1. The average molecular weight is 379 g/mol. The molecule has 0 aliphatic carbocycles. The number of piperazine rings is 1. The number of hydrogen-bond donors (Lipinski definition) is 1. The number of nitrogens with one attached hydrogen (secondary N) is 1. The largest absolute Gasteiger partial charge is 0.462 e. The Kier molecular flexibility index (Phi) is 7.01. The molecule has 1 amide bonds. The number of ketones is 1. The monoisotopic (exact) mass is 379 g/mol. The molecule has 2 heterocycles. The first-order valence-electron chi connectivity index (χ1n) is 9.37. The molecule has 1 aromatic rings. The second-order valence-electron chi connectivity index (χ2n) is 6.61. The first-order chi connectivity index (χ1) is 12.8. The number of hydrogen-bond acceptors (Lipinski definition) is 6. The van der Waals surface area contributed by atoms with E-state index in [0.717, 1.165) is 0 Å². The van der Waals surface area contributed by atoms with Crippen LogP contribution < -0.4 is 0 Å². The summed E-state index contributed by atoms with van der Waals surface area (Å²) in [5.74, 6) is -0.491. The van der Waals surface area contributed by atoms with Crippen LogP contribution in [0.2, 0.25) is 0 Å². The van der Waals surface area contributed by atoms with Crippen LogP contribution in [0.1, 0.15) is 52.9 Å². The third-order valence-corrected chi connectivity index (χ3v) is 4.93. The van der Waals surface area contributed by atoms with Crippen LogP contribution in [0.5, 0.6) is 0 Å². The minimum atomic E-state index is -0.418. The summed E-state index contributed by atoms with van der Waals surface area (Å²) < 4.78 is 10.1. The highest BCUT2D eigenvalue weighted by atomic mass is 16.6. The summed E-state index contributed by atoms with van der Waals surface area (Å²) in [7, 11) is 0. The molecule has 0 bridgehead atoms. The van der Waals surface area contributed by atoms with E-state index >= 15 is 0 Å². The number of ether oxygens (including phenoxy) is 2. The van der Waals surface area contributed by atoms with Gasteiger partial charge in [0, 0.05) is 31.9 Å². The molecule has 0 spiro atoms. The van der Waals surface area contributed by atoms with Crippen LogP contribution in [0, 0.1) is 13.8 Å². The van der Waals surface area contributed by atoms with Gasteiger partial charge in [0.05, 0.1) is 30.5 Å². The average Bonchev–Trinajstić information content (AvgIpc) is 2.95. The van der Waals surface area contributed by atoms with Crippen molar-refractivity contribution < 1.29 is 23.9 Å². The Labute approximate surface area is 159 Å². The first kappa shape index (κ1) is 21.0. The standard InChI is InChI=1S/C19H29N3O5/c1-6-26-18(24)15-12(3)16(20-13(15)4)17(23)14(5)21-8-10-22(11-9-21)19(25)27-7-2/h14,20H,6-11H2,1-5H3/t14-/m0/s1. The molecule has 1 aliphatic rings. The van der Waals surface area contributed by atoms with Gasteiger partial charge in [0.1, 0.15) is 0 Å². The molecule has 1 aliphatic heterocycles. The van der Waals surface area contributed by atoms with Crippen molar-refractivity contribution in [3.05, 3.63) is 22.5 Å². The molecule has 0 saturated carbocycles. The van der Waals surface area contributed by atoms with Crippen LogP contribution in [-0.4, -0.2) is 78.1 Å². The second-order valence-corrected chi connectivity index (χ2v) is 6.61. The lowest BCUT2D eigenvalue weighted by atomic mass is 10.0. The van der Waals surface area contributed by atoms with Gasteiger partial charge in [0.25, 0.3) is 0 Å². The number of carbonyl (C=O) groups excluding carboxylic acids is 3. The lowest BCUT2D eigenvalue weighted by molar-refractivity contribution is 0.0524. The van der Waals surface area contributed by atoms with Crippen molar-refractivity contribution in [1.82, 2.24) is 14.8 Å². The van der Waals surface area contributed by atoms with Crippen LogP contribution in [0.25, 0.3) is 0 Å². The van der Waals surface area contributed by atoms with E-state index in [9.17, 15) is 14.4 Å². The summed E-state index contributed by atoms with van der Waals surface area (Å²) in [5.41, 5.74) is 2.12. The van der Waals surface area contributed by atoms with Crippen molar-refractivity contribution >= 4 is 17.8 Å². The highest BCUT2D eigenvalue weighted by Crippen LogP contribution is 2.22. The van der Waals surface area contributed by atoms with Crippen LogP contribution in [0.3, 0.4) is 0 Å². The lowest BCUT2D eigenvalue weighted by Crippen LogP contribution is -2.53. The smallest absolute Gasteiger partial charge is 0.409 e. The van der Waals surface area contributed by atoms with Crippen LogP contribution >= 0.6 is 0 Å². The van der Waals surface area contributed by atoms with Gasteiger partial charge >= 0.3 is 12.1 Å². The van der Waals surface area contributed by atoms with Crippen LogP contribution in [0.15, 0.2) is 0 Å². The minimum absolute atomic E-state index is 0.0734. The van der Waals surface area contributed by atoms with Crippen molar-refractivity contribution in [2.75, 3.05) is 39.4 Å². The van der Waals surface area contributed by atoms with Gasteiger partial charge in [-0.05, 0) is 40.2 Å². The molecule has 8 nitrogen and oxygen atoms in total. The maximum Gasteiger partial charge on any atom is 0.409 e. The van der Waals surface area contributed by atoms with Crippen molar-refractivity contribution in [1.29, 1.82) is 0 Å². The van der Waals surface area contributed by atoms with Gasteiger partial charge in [0.2, 0.25) is 0 Å². The molecular weight excluding hydrogens is 350 g/mol. The van der Waals surface area contributed by atoms with Gasteiger partial charge < -0.3 is 19.4 Å². The molecule has 2 rings (SSSR count). The van der Waals surface area contributed by atoms with Crippen LogP contribution in [-0.2, 0) is 9.47 Å². The van der Waals surface area contributed by atoms with Gasteiger partial charge in [-0.25, -0.2) is 9.59 Å². The normalized spacial score (nSPS) is 16.1. The van der Waals surface area contributed by atoms with E-state index in [1.807, 2.05) is 11.8 Å². The molecule has 1 aromatic heterocycles. The number of amides is 1. The zero-order valence-corrected chi connectivity index (χ0v) is 16.8. The number of Topliss-reactive ketones (excluding diaryl/α,β-unsaturated/α-hetero) is 1. The number of aromatic amines is 1. The second kappa shape index (κ2) is 9.03. The molecule has 150 valence electrons. The molecule has 27 heavy (non-hydrogen) atoms. The summed E-state index contributed by atoms with van der Waals surface area (Å²) in [6, 6.07) is -0.360. The molecule has 8 heteroatoms. The fourth-order valence-corrected chi connectivity index (χ4v) is 3.39. The Morgan fingerprint density at radius 3 is 2.19 bits per heavy atom. The van der Waals surface area contributed by atoms with E-state index < -0.39 is 5.97 Å². The molecule has 1 N–H and O–H groups in total. The van der Waals surface area contributed by atoms with Crippen molar-refractivity contribution in [3.8, 4) is 0 Å². The predicted octanol–water partition coefficient (Wildman–Crippen LogP) is 2.15. The van der Waals surface area contributed by atoms with E-state index in [-0.39, 0.29) is 24.5 Å². The fraction of sp³-hybridized carbons (Fsp3) is 0.632. The number of carbonyl (C=O) groups is 3. The number of H-pyrrole nitrogens is 1. The SMILES string of the molecule is CCOC(=O)c1c(C)[nH]c(C(=O)[C@H](C)N2CCN(C(=O)OCC)CC2)c1C. The van der Waals surface area contributed by atoms with Gasteiger partial charge in [-0.15, -0.1) is 0 Å². The van der Waals surface area contributed by atoms with E-state index in [4.69, 9.17) is 9.47 Å². The summed E-state index contributed by atoms with van der Waals surface area (Å²) in [6.45, 7) is 11.8. The third kappa shape index (κ3) is 4.50. The summed E-state index contributed by atoms with van der Waals surface area (Å²) in [6.07, 6.45) is -0.314. The van der Waals surface area contributed by atoms with E-state index in [1.54, 1.807) is 32.6 Å².